The lowest BCUT2D eigenvalue weighted by Gasteiger charge is -2.24. The summed E-state index contributed by atoms with van der Waals surface area (Å²) >= 11 is 3.32. The molecule has 0 fully saturated rings. The number of nitrogens with one attached hydrogen (secondary N) is 1. The summed E-state index contributed by atoms with van der Waals surface area (Å²) in [6.45, 7) is 8.90. The van der Waals surface area contributed by atoms with Crippen LogP contribution in [0.1, 0.15) is 33.3 Å². The molecule has 0 aliphatic heterocycles. The molecule has 9 heteroatoms. The predicted octanol–water partition coefficient (Wildman–Crippen LogP) is 5.54. The summed E-state index contributed by atoms with van der Waals surface area (Å²) in [5.41, 5.74) is 1.62. The van der Waals surface area contributed by atoms with Gasteiger partial charge in [0.15, 0.2) is 0 Å². The van der Waals surface area contributed by atoms with Crippen molar-refractivity contribution in [2.24, 2.45) is 0 Å². The van der Waals surface area contributed by atoms with Crippen molar-refractivity contribution in [2.45, 2.75) is 38.0 Å². The Morgan fingerprint density at radius 2 is 1.46 bits per heavy atom. The first kappa shape index (κ1) is 28.5. The van der Waals surface area contributed by atoms with Crippen LogP contribution in [-0.2, 0) is 20.2 Å². The lowest BCUT2D eigenvalue weighted by molar-refractivity contribution is -0.119. The fourth-order valence-electron chi connectivity index (χ4n) is 3.52. The highest BCUT2D eigenvalue weighted by atomic mass is 79.9. The average Bonchev–Trinajstić information content (AvgIpc) is 2.86. The van der Waals surface area contributed by atoms with Gasteiger partial charge in [0.05, 0.1) is 23.7 Å². The lowest BCUT2D eigenvalue weighted by atomic mass is 9.87. The first-order valence-corrected chi connectivity index (χ1v) is 14.2. The molecule has 0 heterocycles. The van der Waals surface area contributed by atoms with Gasteiger partial charge < -0.3 is 14.8 Å². The van der Waals surface area contributed by atoms with Gasteiger partial charge in [0.25, 0.3) is 10.0 Å². The molecule has 0 aliphatic carbocycles. The van der Waals surface area contributed by atoms with Crippen molar-refractivity contribution < 1.29 is 22.7 Å². The molecule has 198 valence electrons. The van der Waals surface area contributed by atoms with Crippen molar-refractivity contribution in [3.05, 3.63) is 82.8 Å². The van der Waals surface area contributed by atoms with Crippen LogP contribution in [0.15, 0.2) is 82.2 Å². The number of hydrogen-bond donors (Lipinski definition) is 1. The third kappa shape index (κ3) is 7.97. The molecule has 0 aromatic heterocycles. The first-order chi connectivity index (χ1) is 17.5. The minimum absolute atomic E-state index is 0.0539. The Kier molecular flexibility index (Phi) is 9.62. The molecular weight excluding hydrogens is 556 g/mol. The van der Waals surface area contributed by atoms with E-state index in [1.165, 1.54) is 17.7 Å². The maximum Gasteiger partial charge on any atom is 0.264 e. The minimum atomic E-state index is -4.00. The molecule has 0 aliphatic rings. The van der Waals surface area contributed by atoms with Crippen molar-refractivity contribution in [1.29, 1.82) is 0 Å². The number of carbonyl (C=O) groups excluding carboxylic acids is 1. The largest absolute Gasteiger partial charge is 0.494 e. The number of ether oxygens (including phenoxy) is 2. The molecule has 0 spiro atoms. The smallest absolute Gasteiger partial charge is 0.264 e. The zero-order valence-electron chi connectivity index (χ0n) is 21.5. The van der Waals surface area contributed by atoms with Crippen LogP contribution in [0.25, 0.3) is 0 Å². The maximum absolute atomic E-state index is 13.5. The van der Waals surface area contributed by atoms with E-state index in [2.05, 4.69) is 42.0 Å². The van der Waals surface area contributed by atoms with E-state index >= 15 is 0 Å². The number of halogens is 1. The highest BCUT2D eigenvalue weighted by molar-refractivity contribution is 9.10. The van der Waals surface area contributed by atoms with Crippen LogP contribution in [-0.4, -0.2) is 40.6 Å². The maximum atomic E-state index is 13.5. The summed E-state index contributed by atoms with van der Waals surface area (Å²) in [6.07, 6.45) is 0. The van der Waals surface area contributed by atoms with Crippen LogP contribution in [0.5, 0.6) is 11.5 Å². The van der Waals surface area contributed by atoms with E-state index in [-0.39, 0.29) is 30.0 Å². The molecule has 0 radical (unpaired) electrons. The quantitative estimate of drug-likeness (QED) is 0.297. The fraction of sp³-hybridized carbons (Fsp3) is 0.321. The number of nitrogens with zero attached hydrogens (tertiary/aromatic N) is 1. The second-order valence-electron chi connectivity index (χ2n) is 9.37. The number of sulfonamides is 1. The second kappa shape index (κ2) is 12.5. The predicted molar refractivity (Wildman–Crippen MR) is 150 cm³/mol. The highest BCUT2D eigenvalue weighted by Crippen LogP contribution is 2.27. The molecule has 7 nitrogen and oxygen atoms in total. The van der Waals surface area contributed by atoms with E-state index < -0.39 is 15.9 Å². The minimum Gasteiger partial charge on any atom is -0.494 e. The van der Waals surface area contributed by atoms with Gasteiger partial charge in [0.2, 0.25) is 5.91 Å². The van der Waals surface area contributed by atoms with E-state index in [0.29, 0.717) is 23.8 Å². The Hall–Kier alpha value is -3.04. The van der Waals surface area contributed by atoms with Gasteiger partial charge in [0, 0.05) is 4.47 Å². The summed E-state index contributed by atoms with van der Waals surface area (Å²) < 4.78 is 40.0. The second-order valence-corrected chi connectivity index (χ2v) is 12.1. The zero-order valence-corrected chi connectivity index (χ0v) is 23.9. The van der Waals surface area contributed by atoms with Crippen molar-refractivity contribution in [3.63, 3.8) is 0 Å². The Morgan fingerprint density at radius 3 is 2.03 bits per heavy atom. The Labute approximate surface area is 228 Å². The standard InChI is InChI=1S/C28H33BrN2O5S/c1-5-35-24-14-10-23(11-15-24)31(37(33,34)26-16-8-22(29)9-17-26)20-27(32)30-18-19-36-25-12-6-21(7-13-25)28(2,3)4/h6-17H,5,18-20H2,1-4H3,(H,30,32). The number of carbonyl (C=O) groups is 1. The number of amides is 1. The SMILES string of the molecule is CCOc1ccc(N(CC(=O)NCCOc2ccc(C(C)(C)C)cc2)S(=O)(=O)c2ccc(Br)cc2)cc1. The molecule has 3 aromatic rings. The molecule has 0 saturated heterocycles. The molecule has 3 rings (SSSR count). The van der Waals surface area contributed by atoms with Crippen molar-refractivity contribution in [1.82, 2.24) is 5.32 Å². The summed E-state index contributed by atoms with van der Waals surface area (Å²) in [6, 6.07) is 20.8. The molecule has 3 aromatic carbocycles. The zero-order chi connectivity index (χ0) is 27.1. The van der Waals surface area contributed by atoms with Gasteiger partial charge in [-0.15, -0.1) is 0 Å². The molecule has 0 bridgehead atoms. The fourth-order valence-corrected chi connectivity index (χ4v) is 5.21. The van der Waals surface area contributed by atoms with Crippen LogP contribution in [0.3, 0.4) is 0 Å². The van der Waals surface area contributed by atoms with Gasteiger partial charge in [-0.2, -0.15) is 0 Å². The summed E-state index contributed by atoms with van der Waals surface area (Å²) in [7, 11) is -4.00. The number of hydrogen-bond acceptors (Lipinski definition) is 5. The number of benzene rings is 3. The van der Waals surface area contributed by atoms with E-state index in [9.17, 15) is 13.2 Å². The Morgan fingerprint density at radius 1 is 0.892 bits per heavy atom. The van der Waals surface area contributed by atoms with Crippen LogP contribution in [0, 0.1) is 0 Å². The van der Waals surface area contributed by atoms with Gasteiger partial charge >= 0.3 is 0 Å². The lowest BCUT2D eigenvalue weighted by Crippen LogP contribution is -2.41. The molecular formula is C28H33BrN2O5S. The van der Waals surface area contributed by atoms with Gasteiger partial charge in [-0.1, -0.05) is 48.8 Å². The number of anilines is 1. The first-order valence-electron chi connectivity index (χ1n) is 12.0. The summed E-state index contributed by atoms with van der Waals surface area (Å²) in [5.74, 6) is 0.877. The van der Waals surface area contributed by atoms with Crippen LogP contribution in [0.4, 0.5) is 5.69 Å². The summed E-state index contributed by atoms with van der Waals surface area (Å²) in [4.78, 5) is 12.9. The topological polar surface area (TPSA) is 84.9 Å². The van der Waals surface area contributed by atoms with Crippen molar-refractivity contribution in [3.8, 4) is 11.5 Å². The van der Waals surface area contributed by atoms with Gasteiger partial charge in [-0.3, -0.25) is 9.10 Å². The Balaban J connectivity index is 1.67. The summed E-state index contributed by atoms with van der Waals surface area (Å²) in [5, 5.41) is 2.75. The van der Waals surface area contributed by atoms with E-state index in [4.69, 9.17) is 9.47 Å². The van der Waals surface area contributed by atoms with Gasteiger partial charge in [0.1, 0.15) is 24.7 Å². The normalized spacial score (nSPS) is 11.6. The molecule has 37 heavy (non-hydrogen) atoms. The van der Waals surface area contributed by atoms with Gasteiger partial charge in [-0.05, 0) is 78.6 Å². The van der Waals surface area contributed by atoms with Crippen molar-refractivity contribution >= 4 is 37.5 Å². The van der Waals surface area contributed by atoms with Gasteiger partial charge in [-0.25, -0.2) is 8.42 Å². The average molecular weight is 590 g/mol. The molecule has 1 amide bonds. The molecule has 0 atom stereocenters. The monoisotopic (exact) mass is 588 g/mol. The van der Waals surface area contributed by atoms with Crippen LogP contribution in [0.2, 0.25) is 0 Å². The van der Waals surface area contributed by atoms with Crippen molar-refractivity contribution in [2.75, 3.05) is 30.6 Å². The third-order valence-corrected chi connectivity index (χ3v) is 7.85. The molecule has 1 N–H and O–H groups in total. The van der Waals surface area contributed by atoms with E-state index in [0.717, 1.165) is 8.78 Å². The van der Waals surface area contributed by atoms with Crippen LogP contribution < -0.4 is 19.1 Å². The van der Waals surface area contributed by atoms with E-state index in [1.807, 2.05) is 31.2 Å². The Bertz CT molecular complexity index is 1270. The van der Waals surface area contributed by atoms with E-state index in [1.54, 1.807) is 36.4 Å². The molecule has 0 saturated carbocycles. The number of rotatable bonds is 11. The highest BCUT2D eigenvalue weighted by Gasteiger charge is 2.27. The molecule has 0 unspecified atom stereocenters. The van der Waals surface area contributed by atoms with Crippen LogP contribution >= 0.6 is 15.9 Å². The third-order valence-electron chi connectivity index (χ3n) is 5.54.